The topological polar surface area (TPSA) is 87.7 Å². The molecule has 0 radical (unpaired) electrons. The third-order valence-corrected chi connectivity index (χ3v) is 12.2. The third kappa shape index (κ3) is 17.4. The summed E-state index contributed by atoms with van der Waals surface area (Å²) in [5.41, 5.74) is 2.47. The van der Waals surface area contributed by atoms with Gasteiger partial charge < -0.3 is 20.3 Å². The van der Waals surface area contributed by atoms with Crippen LogP contribution in [0.25, 0.3) is 0 Å². The van der Waals surface area contributed by atoms with Crippen molar-refractivity contribution >= 4 is 23.4 Å². The van der Waals surface area contributed by atoms with Crippen LogP contribution >= 0.6 is 0 Å². The van der Waals surface area contributed by atoms with Crippen LogP contribution in [0, 0.1) is 23.2 Å². The lowest BCUT2D eigenvalue weighted by molar-refractivity contribution is -0.131. The van der Waals surface area contributed by atoms with Crippen molar-refractivity contribution < 1.29 is 19.1 Å². The Morgan fingerprint density at radius 1 is 0.684 bits per heavy atom. The number of para-hydroxylation sites is 1. The average molecular weight is 782 g/mol. The predicted molar refractivity (Wildman–Crippen MR) is 235 cm³/mol. The van der Waals surface area contributed by atoms with E-state index in [1.165, 1.54) is 109 Å². The van der Waals surface area contributed by atoms with Crippen molar-refractivity contribution in [3.63, 3.8) is 0 Å². The fourth-order valence-corrected chi connectivity index (χ4v) is 8.17. The normalized spacial score (nSPS) is 16.5. The number of nitrogens with one attached hydrogen (secondary N) is 2. The molecule has 7 nitrogen and oxygen atoms in total. The quantitative estimate of drug-likeness (QED) is 0.131. The first-order chi connectivity index (χ1) is 27.5. The van der Waals surface area contributed by atoms with Gasteiger partial charge in [-0.2, -0.15) is 0 Å². The molecular formula is C50H75N3O4. The molecule has 0 atom stereocenters. The fraction of sp³-hybridized carbons (Fsp3) is 0.660. The number of nitrogens with zero attached hydrogens (tertiary/aromatic N) is 1. The van der Waals surface area contributed by atoms with E-state index in [0.717, 1.165) is 41.3 Å². The summed E-state index contributed by atoms with van der Waals surface area (Å²) in [6.45, 7) is 10.1. The molecule has 2 N–H and O–H groups in total. The fourth-order valence-electron chi connectivity index (χ4n) is 8.17. The molecule has 2 aromatic rings. The van der Waals surface area contributed by atoms with Crippen molar-refractivity contribution in [2.75, 3.05) is 24.6 Å². The van der Waals surface area contributed by atoms with Gasteiger partial charge in [-0.05, 0) is 62.8 Å². The molecule has 7 heteroatoms. The largest absolute Gasteiger partial charge is 0.375 e. The lowest BCUT2D eigenvalue weighted by atomic mass is 9.88. The van der Waals surface area contributed by atoms with Crippen molar-refractivity contribution in [1.82, 2.24) is 10.6 Å². The van der Waals surface area contributed by atoms with E-state index in [-0.39, 0.29) is 30.6 Å². The van der Waals surface area contributed by atoms with Crippen LogP contribution in [-0.4, -0.2) is 43.0 Å². The van der Waals surface area contributed by atoms with Crippen LogP contribution in [-0.2, 0) is 25.7 Å². The second kappa shape index (κ2) is 25.0. The number of anilines is 1. The number of ether oxygens (including phenoxy) is 1. The van der Waals surface area contributed by atoms with Gasteiger partial charge in [0.15, 0.2) is 0 Å². The summed E-state index contributed by atoms with van der Waals surface area (Å²) in [5, 5.41) is 6.20. The molecule has 0 unspecified atom stereocenters. The molecule has 57 heavy (non-hydrogen) atoms. The van der Waals surface area contributed by atoms with E-state index >= 15 is 0 Å². The van der Waals surface area contributed by atoms with Crippen molar-refractivity contribution in [2.45, 2.75) is 181 Å². The molecule has 1 saturated carbocycles. The van der Waals surface area contributed by atoms with E-state index < -0.39 is 11.0 Å². The van der Waals surface area contributed by atoms with E-state index in [1.54, 1.807) is 4.90 Å². The maximum absolute atomic E-state index is 13.5. The van der Waals surface area contributed by atoms with Crippen LogP contribution in [0.4, 0.5) is 5.69 Å². The molecule has 1 aliphatic carbocycles. The van der Waals surface area contributed by atoms with Crippen molar-refractivity contribution in [2.24, 2.45) is 11.3 Å². The number of carbonyl (C=O) groups excluding carboxylic acids is 3. The Morgan fingerprint density at radius 3 is 1.93 bits per heavy atom. The van der Waals surface area contributed by atoms with Crippen molar-refractivity contribution in [3.05, 3.63) is 65.2 Å². The van der Waals surface area contributed by atoms with Gasteiger partial charge in [-0.15, -0.1) is 0 Å². The van der Waals surface area contributed by atoms with Crippen LogP contribution in [0.1, 0.15) is 186 Å². The van der Waals surface area contributed by atoms with Gasteiger partial charge in [-0.3, -0.25) is 14.4 Å². The number of benzene rings is 2. The van der Waals surface area contributed by atoms with Gasteiger partial charge in [-0.1, -0.05) is 165 Å². The lowest BCUT2D eigenvalue weighted by Gasteiger charge is -2.29. The Labute approximate surface area is 346 Å². The molecule has 1 aliphatic heterocycles. The molecule has 0 aromatic heterocycles. The number of rotatable bonds is 16. The summed E-state index contributed by atoms with van der Waals surface area (Å²) < 4.78 is 6.24. The second-order valence-electron chi connectivity index (χ2n) is 18.0. The van der Waals surface area contributed by atoms with Crippen LogP contribution in [0.5, 0.6) is 0 Å². The molecule has 1 heterocycles. The molecule has 3 amide bonds. The summed E-state index contributed by atoms with van der Waals surface area (Å²) in [6, 6.07) is 15.6. The van der Waals surface area contributed by atoms with E-state index in [2.05, 4.69) is 22.5 Å². The van der Waals surface area contributed by atoms with Crippen LogP contribution < -0.4 is 15.5 Å². The van der Waals surface area contributed by atoms with Gasteiger partial charge >= 0.3 is 0 Å². The summed E-state index contributed by atoms with van der Waals surface area (Å²) in [5.74, 6) is 7.13. The highest BCUT2D eigenvalue weighted by atomic mass is 16.5. The minimum atomic E-state index is -0.526. The first-order valence-electron chi connectivity index (χ1n) is 22.7. The molecule has 4 rings (SSSR count). The molecule has 0 spiro atoms. The minimum Gasteiger partial charge on any atom is -0.375 e. The summed E-state index contributed by atoms with van der Waals surface area (Å²) in [4.78, 5) is 41.2. The highest BCUT2D eigenvalue weighted by Gasteiger charge is 2.29. The third-order valence-electron chi connectivity index (χ3n) is 12.2. The zero-order valence-electron chi connectivity index (χ0n) is 36.2. The molecule has 1 fully saturated rings. The Bertz CT molecular complexity index is 1570. The Morgan fingerprint density at radius 2 is 1.26 bits per heavy atom. The Kier molecular flexibility index (Phi) is 20.2. The SMILES string of the molecule is CC(C)(CCNC(=O)CCC(=O)N1Cc2ccccc2C#Cc2ccccc21)OCCC(C)(C)C(=O)NCCCCC1CCCCCCCCCCCCCCC1. The Balaban J connectivity index is 1.09. The van der Waals surface area contributed by atoms with Gasteiger partial charge in [0.05, 0.1) is 17.8 Å². The van der Waals surface area contributed by atoms with Gasteiger partial charge in [0, 0.05) is 49.1 Å². The van der Waals surface area contributed by atoms with E-state index in [9.17, 15) is 14.4 Å². The summed E-state index contributed by atoms with van der Waals surface area (Å²) in [6.07, 6.45) is 26.1. The standard InChI is InChI=1S/C50H75N3O4/c1-49(2,48(56)52-37-23-22-26-41-24-16-14-12-10-8-6-5-7-9-11-13-15-17-25-41)36-39-57-50(3,4)35-38-51-46(54)33-34-47(55)53-40-44-29-19-18-27-42(44)31-32-43-28-20-21-30-45(43)53/h18-21,27-30,41H,5-17,22-26,33-40H2,1-4H3,(H,51,54)(H,52,56). The summed E-state index contributed by atoms with van der Waals surface area (Å²) in [7, 11) is 0. The summed E-state index contributed by atoms with van der Waals surface area (Å²) >= 11 is 0. The molecule has 0 saturated heterocycles. The van der Waals surface area contributed by atoms with E-state index in [4.69, 9.17) is 4.74 Å². The average Bonchev–Trinajstić information content (AvgIpc) is 3.18. The predicted octanol–water partition coefficient (Wildman–Crippen LogP) is 11.2. The number of carbonyl (C=O) groups is 3. The van der Waals surface area contributed by atoms with Crippen molar-refractivity contribution in [3.8, 4) is 11.8 Å². The maximum Gasteiger partial charge on any atom is 0.227 e. The van der Waals surface area contributed by atoms with Gasteiger partial charge in [-0.25, -0.2) is 0 Å². The lowest BCUT2D eigenvalue weighted by Crippen LogP contribution is -2.39. The Hall–Kier alpha value is -3.63. The first kappa shape index (κ1) is 46.1. The smallest absolute Gasteiger partial charge is 0.227 e. The molecule has 0 bridgehead atoms. The zero-order chi connectivity index (χ0) is 40.8. The van der Waals surface area contributed by atoms with Crippen LogP contribution in [0.15, 0.2) is 48.5 Å². The maximum atomic E-state index is 13.5. The first-order valence-corrected chi connectivity index (χ1v) is 22.7. The van der Waals surface area contributed by atoms with Gasteiger partial charge in [0.1, 0.15) is 0 Å². The van der Waals surface area contributed by atoms with E-state index in [0.29, 0.717) is 32.5 Å². The minimum absolute atomic E-state index is 0.0896. The number of amides is 3. The second-order valence-corrected chi connectivity index (χ2v) is 18.0. The molecule has 2 aromatic carbocycles. The number of hydrogen-bond donors (Lipinski definition) is 2. The van der Waals surface area contributed by atoms with Gasteiger partial charge in [0.2, 0.25) is 17.7 Å². The van der Waals surface area contributed by atoms with Crippen molar-refractivity contribution in [1.29, 1.82) is 0 Å². The van der Waals surface area contributed by atoms with Crippen LogP contribution in [0.3, 0.4) is 0 Å². The van der Waals surface area contributed by atoms with E-state index in [1.807, 2.05) is 76.2 Å². The monoisotopic (exact) mass is 782 g/mol. The zero-order valence-corrected chi connectivity index (χ0v) is 36.2. The molecule has 2 aliphatic rings. The number of fused-ring (bicyclic) bond motifs is 2. The highest BCUT2D eigenvalue weighted by Crippen LogP contribution is 2.28. The van der Waals surface area contributed by atoms with Crippen LogP contribution in [0.2, 0.25) is 0 Å². The molecular weight excluding hydrogens is 707 g/mol. The highest BCUT2D eigenvalue weighted by molar-refractivity contribution is 5.96. The molecule has 314 valence electrons. The van der Waals surface area contributed by atoms with Gasteiger partial charge in [0.25, 0.3) is 0 Å². The number of unbranched alkanes of at least 4 members (excludes halogenated alkanes) is 1. The number of hydrogen-bond acceptors (Lipinski definition) is 4.